The van der Waals surface area contributed by atoms with Gasteiger partial charge in [0.2, 0.25) is 0 Å². The molecule has 6 nitrogen and oxygen atoms in total. The monoisotopic (exact) mass is 373 g/mol. The van der Waals surface area contributed by atoms with Gasteiger partial charge in [-0.25, -0.2) is 4.79 Å². The Hall–Kier alpha value is -1.81. The first kappa shape index (κ1) is 19.2. The highest BCUT2D eigenvalue weighted by Crippen LogP contribution is 2.24. The van der Waals surface area contributed by atoms with Crippen molar-refractivity contribution in [3.63, 3.8) is 0 Å². The van der Waals surface area contributed by atoms with Gasteiger partial charge in [-0.15, -0.1) is 0 Å². The summed E-state index contributed by atoms with van der Waals surface area (Å²) < 4.78 is 32.3. The fourth-order valence-electron chi connectivity index (χ4n) is 1.02. The van der Waals surface area contributed by atoms with Crippen molar-refractivity contribution < 1.29 is 38.1 Å². The molecule has 5 N–H and O–H groups in total. The van der Waals surface area contributed by atoms with Gasteiger partial charge in [0.1, 0.15) is 11.8 Å². The van der Waals surface area contributed by atoms with E-state index < -0.39 is 24.2 Å². The lowest BCUT2D eigenvalue weighted by atomic mass is 10.1. The lowest BCUT2D eigenvalue weighted by Crippen LogP contribution is -2.32. The first-order chi connectivity index (χ1) is 9.45. The van der Waals surface area contributed by atoms with E-state index in [1.54, 1.807) is 12.1 Å². The molecule has 0 amide bonds. The molecule has 1 atom stereocenters. The van der Waals surface area contributed by atoms with Crippen LogP contribution in [0.15, 0.2) is 22.7 Å². The molecule has 0 aliphatic rings. The molecule has 0 bridgehead atoms. The largest absolute Gasteiger partial charge is 0.507 e. The fourth-order valence-corrected chi connectivity index (χ4v) is 1.44. The molecule has 0 aromatic heterocycles. The van der Waals surface area contributed by atoms with Crippen LogP contribution in [0, 0.1) is 0 Å². The van der Waals surface area contributed by atoms with E-state index >= 15 is 0 Å². The normalized spacial score (nSPS) is 12.0. The Labute approximate surface area is 125 Å². The van der Waals surface area contributed by atoms with Gasteiger partial charge in [-0.2, -0.15) is 13.2 Å². The SMILES string of the molecule is N[C@@H](Cc1ccc(O)c(Br)c1)C(=O)O.O=C(O)C(F)(F)F. The van der Waals surface area contributed by atoms with Crippen LogP contribution in [0.25, 0.3) is 0 Å². The molecule has 0 saturated carbocycles. The van der Waals surface area contributed by atoms with Crippen molar-refractivity contribution in [2.75, 3.05) is 0 Å². The second-order valence-electron chi connectivity index (χ2n) is 3.74. The number of carboxylic acids is 2. The summed E-state index contributed by atoms with van der Waals surface area (Å²) in [5.74, 6) is -3.67. The van der Waals surface area contributed by atoms with Crippen molar-refractivity contribution in [1.82, 2.24) is 0 Å². The number of carbonyl (C=O) groups is 2. The van der Waals surface area contributed by atoms with Crippen LogP contribution in [0.2, 0.25) is 0 Å². The Bertz CT molecular complexity index is 521. The van der Waals surface area contributed by atoms with Crippen molar-refractivity contribution in [2.45, 2.75) is 18.6 Å². The maximum Gasteiger partial charge on any atom is 0.490 e. The molecule has 0 saturated heterocycles. The predicted octanol–water partition coefficient (Wildman–Crippen LogP) is 1.74. The van der Waals surface area contributed by atoms with Crippen molar-refractivity contribution in [2.24, 2.45) is 5.73 Å². The van der Waals surface area contributed by atoms with Crippen LogP contribution in [0.5, 0.6) is 5.75 Å². The average molecular weight is 374 g/mol. The van der Waals surface area contributed by atoms with Gasteiger partial charge in [0.25, 0.3) is 0 Å². The maximum absolute atomic E-state index is 10.6. The fraction of sp³-hybridized carbons (Fsp3) is 0.273. The smallest absolute Gasteiger partial charge is 0.490 e. The van der Waals surface area contributed by atoms with Gasteiger partial charge >= 0.3 is 18.1 Å². The highest BCUT2D eigenvalue weighted by Gasteiger charge is 2.38. The Morgan fingerprint density at radius 3 is 2.10 bits per heavy atom. The number of carboxylic acid groups (broad SMARTS) is 2. The van der Waals surface area contributed by atoms with Crippen molar-refractivity contribution in [1.29, 1.82) is 0 Å². The standard InChI is InChI=1S/C9H10BrNO3.C2HF3O2/c10-6-3-5(1-2-8(6)12)4-7(11)9(13)14;3-2(4,5)1(6)7/h1-3,7,12H,4,11H2,(H,13,14);(H,6,7)/t7-;/m0./s1. The summed E-state index contributed by atoms with van der Waals surface area (Å²) in [7, 11) is 0. The Balaban J connectivity index is 0.000000486. The number of nitrogens with two attached hydrogens (primary N) is 1. The van der Waals surface area contributed by atoms with Crippen molar-refractivity contribution >= 4 is 27.9 Å². The molecule has 21 heavy (non-hydrogen) atoms. The summed E-state index contributed by atoms with van der Waals surface area (Å²) >= 11 is 3.13. The maximum atomic E-state index is 10.6. The second-order valence-corrected chi connectivity index (χ2v) is 4.59. The van der Waals surface area contributed by atoms with Crippen LogP contribution in [0.1, 0.15) is 5.56 Å². The van der Waals surface area contributed by atoms with Gasteiger partial charge in [-0.05, 0) is 40.0 Å². The molecule has 0 unspecified atom stereocenters. The molecule has 10 heteroatoms. The Morgan fingerprint density at radius 1 is 1.29 bits per heavy atom. The predicted molar refractivity (Wildman–Crippen MR) is 68.8 cm³/mol. The molecule has 0 spiro atoms. The zero-order chi connectivity index (χ0) is 16.8. The number of benzene rings is 1. The molecule has 1 rings (SSSR count). The van der Waals surface area contributed by atoms with Gasteiger partial charge in [0.15, 0.2) is 0 Å². The van der Waals surface area contributed by atoms with Gasteiger partial charge in [-0.3, -0.25) is 4.79 Å². The minimum absolute atomic E-state index is 0.123. The molecule has 0 fully saturated rings. The summed E-state index contributed by atoms with van der Waals surface area (Å²) in [5, 5.41) is 24.9. The minimum Gasteiger partial charge on any atom is -0.507 e. The first-order valence-corrected chi connectivity index (χ1v) is 6.00. The lowest BCUT2D eigenvalue weighted by molar-refractivity contribution is -0.192. The summed E-state index contributed by atoms with van der Waals surface area (Å²) in [4.78, 5) is 19.4. The molecule has 118 valence electrons. The summed E-state index contributed by atoms with van der Waals surface area (Å²) in [6.07, 6.45) is -4.84. The average Bonchev–Trinajstić information content (AvgIpc) is 2.33. The van der Waals surface area contributed by atoms with E-state index in [9.17, 15) is 23.1 Å². The van der Waals surface area contributed by atoms with E-state index in [2.05, 4.69) is 15.9 Å². The molecule has 0 radical (unpaired) electrons. The molecule has 1 aromatic rings. The Morgan fingerprint density at radius 2 is 1.76 bits per heavy atom. The van der Waals surface area contributed by atoms with Crippen LogP contribution in [-0.4, -0.2) is 39.5 Å². The topological polar surface area (TPSA) is 121 Å². The van der Waals surface area contributed by atoms with Crippen LogP contribution in [0.3, 0.4) is 0 Å². The van der Waals surface area contributed by atoms with Crippen molar-refractivity contribution in [3.8, 4) is 5.75 Å². The number of halogens is 4. The van der Waals surface area contributed by atoms with E-state index in [1.165, 1.54) is 6.07 Å². The van der Waals surface area contributed by atoms with E-state index in [-0.39, 0.29) is 12.2 Å². The van der Waals surface area contributed by atoms with Crippen LogP contribution < -0.4 is 5.73 Å². The number of hydrogen-bond donors (Lipinski definition) is 4. The number of phenolic OH excluding ortho intramolecular Hbond substituents is 1. The minimum atomic E-state index is -5.08. The number of phenols is 1. The molecule has 0 aliphatic carbocycles. The van der Waals surface area contributed by atoms with E-state index in [0.717, 1.165) is 5.56 Å². The van der Waals surface area contributed by atoms with Gasteiger partial charge in [0, 0.05) is 0 Å². The molecular weight excluding hydrogens is 363 g/mol. The highest BCUT2D eigenvalue weighted by atomic mass is 79.9. The van der Waals surface area contributed by atoms with Crippen molar-refractivity contribution in [3.05, 3.63) is 28.2 Å². The number of aliphatic carboxylic acids is 2. The third-order valence-corrected chi connectivity index (χ3v) is 2.66. The first-order valence-electron chi connectivity index (χ1n) is 5.21. The summed E-state index contributed by atoms with van der Waals surface area (Å²) in [5.41, 5.74) is 6.13. The number of aromatic hydroxyl groups is 1. The Kier molecular flexibility index (Phi) is 7.16. The van der Waals surface area contributed by atoms with Gasteiger partial charge in [-0.1, -0.05) is 6.07 Å². The summed E-state index contributed by atoms with van der Waals surface area (Å²) in [6, 6.07) is 3.88. The van der Waals surface area contributed by atoms with Crippen LogP contribution in [0.4, 0.5) is 13.2 Å². The third-order valence-electron chi connectivity index (χ3n) is 2.03. The van der Waals surface area contributed by atoms with Crippen LogP contribution >= 0.6 is 15.9 Å². The van der Waals surface area contributed by atoms with Gasteiger partial charge < -0.3 is 21.1 Å². The zero-order valence-corrected chi connectivity index (χ0v) is 11.8. The number of hydrogen-bond acceptors (Lipinski definition) is 4. The molecule has 0 aliphatic heterocycles. The molecular formula is C11H11BrF3NO5. The molecule has 0 heterocycles. The molecule has 1 aromatic carbocycles. The number of alkyl halides is 3. The van der Waals surface area contributed by atoms with Crippen LogP contribution in [-0.2, 0) is 16.0 Å². The highest BCUT2D eigenvalue weighted by molar-refractivity contribution is 9.10. The third kappa shape index (κ3) is 7.51. The summed E-state index contributed by atoms with van der Waals surface area (Å²) in [6.45, 7) is 0. The van der Waals surface area contributed by atoms with E-state index in [0.29, 0.717) is 4.47 Å². The number of rotatable bonds is 3. The van der Waals surface area contributed by atoms with Gasteiger partial charge in [0.05, 0.1) is 4.47 Å². The zero-order valence-electron chi connectivity index (χ0n) is 10.3. The quantitative estimate of drug-likeness (QED) is 0.640. The second kappa shape index (κ2) is 7.84. The lowest BCUT2D eigenvalue weighted by Gasteiger charge is -2.07. The van der Waals surface area contributed by atoms with E-state index in [4.69, 9.17) is 20.7 Å². The van der Waals surface area contributed by atoms with E-state index in [1.807, 2.05) is 0 Å².